The van der Waals surface area contributed by atoms with Gasteiger partial charge >= 0.3 is 0 Å². The Bertz CT molecular complexity index is 1130. The number of aromatic nitrogens is 4. The molecular formula is C23H23N5O2. The fourth-order valence-corrected chi connectivity index (χ4v) is 3.86. The molecule has 0 amide bonds. The molecule has 0 bridgehead atoms. The zero-order chi connectivity index (χ0) is 20.3. The molecule has 0 unspecified atom stereocenters. The van der Waals surface area contributed by atoms with Crippen molar-refractivity contribution in [2.45, 2.75) is 12.6 Å². The Hall–Kier alpha value is -3.29. The molecule has 7 nitrogen and oxygen atoms in total. The first-order valence-corrected chi connectivity index (χ1v) is 10.0. The van der Waals surface area contributed by atoms with E-state index in [4.69, 9.17) is 9.47 Å². The second-order valence-corrected chi connectivity index (χ2v) is 7.40. The van der Waals surface area contributed by atoms with E-state index in [1.54, 1.807) is 7.11 Å². The van der Waals surface area contributed by atoms with Crippen LogP contribution < -0.4 is 4.74 Å². The highest BCUT2D eigenvalue weighted by Gasteiger charge is 2.26. The van der Waals surface area contributed by atoms with Crippen LogP contribution in [0.15, 0.2) is 67.1 Å². The lowest BCUT2D eigenvalue weighted by Crippen LogP contribution is -2.38. The van der Waals surface area contributed by atoms with E-state index < -0.39 is 0 Å². The quantitative estimate of drug-likeness (QED) is 0.511. The van der Waals surface area contributed by atoms with Crippen LogP contribution in [0.3, 0.4) is 0 Å². The molecule has 1 fully saturated rings. The number of hydrogen-bond acceptors (Lipinski definition) is 6. The van der Waals surface area contributed by atoms with Crippen LogP contribution in [0.25, 0.3) is 16.6 Å². The first-order chi connectivity index (χ1) is 14.8. The molecular weight excluding hydrogens is 378 g/mol. The summed E-state index contributed by atoms with van der Waals surface area (Å²) in [7, 11) is 1.67. The number of rotatable bonds is 5. The van der Waals surface area contributed by atoms with Gasteiger partial charge in [0, 0.05) is 43.8 Å². The van der Waals surface area contributed by atoms with E-state index in [2.05, 4.69) is 44.5 Å². The predicted molar refractivity (Wildman–Crippen MR) is 113 cm³/mol. The van der Waals surface area contributed by atoms with Crippen LogP contribution in [0.4, 0.5) is 0 Å². The first kappa shape index (κ1) is 18.7. The summed E-state index contributed by atoms with van der Waals surface area (Å²) < 4.78 is 13.1. The molecule has 0 aliphatic carbocycles. The zero-order valence-corrected chi connectivity index (χ0v) is 16.8. The number of hydrogen-bond donors (Lipinski definition) is 0. The molecule has 1 aliphatic rings. The van der Waals surface area contributed by atoms with Crippen LogP contribution in [-0.4, -0.2) is 51.5 Å². The van der Waals surface area contributed by atoms with Crippen LogP contribution in [0.1, 0.15) is 17.4 Å². The summed E-state index contributed by atoms with van der Waals surface area (Å²) >= 11 is 0. The lowest BCUT2D eigenvalue weighted by molar-refractivity contribution is -0.0343. The smallest absolute Gasteiger partial charge is 0.121 e. The summed E-state index contributed by atoms with van der Waals surface area (Å²) in [5.41, 5.74) is 5.29. The van der Waals surface area contributed by atoms with Crippen molar-refractivity contribution in [2.75, 3.05) is 26.8 Å². The SMILES string of the molecule is COc1ccc(-c2ccc3c([C@H]4CN(Cc5ccncc5)CCO4)nnn3c2)cc1. The summed E-state index contributed by atoms with van der Waals surface area (Å²) in [5.74, 6) is 0.841. The maximum atomic E-state index is 6.06. The van der Waals surface area contributed by atoms with Gasteiger partial charge in [0.1, 0.15) is 17.5 Å². The summed E-state index contributed by atoms with van der Waals surface area (Å²) in [4.78, 5) is 6.48. The highest BCUT2D eigenvalue weighted by molar-refractivity contribution is 5.66. The van der Waals surface area contributed by atoms with E-state index in [9.17, 15) is 0 Å². The largest absolute Gasteiger partial charge is 0.497 e. The van der Waals surface area contributed by atoms with Crippen LogP contribution in [0.5, 0.6) is 5.75 Å². The van der Waals surface area contributed by atoms with Gasteiger partial charge in [0.05, 0.1) is 19.2 Å². The Balaban J connectivity index is 1.36. The second-order valence-electron chi connectivity index (χ2n) is 7.40. The fraction of sp³-hybridized carbons (Fsp3) is 0.261. The molecule has 7 heteroatoms. The zero-order valence-electron chi connectivity index (χ0n) is 16.8. The molecule has 30 heavy (non-hydrogen) atoms. The molecule has 1 saturated heterocycles. The maximum Gasteiger partial charge on any atom is 0.121 e. The Morgan fingerprint density at radius 3 is 2.63 bits per heavy atom. The van der Waals surface area contributed by atoms with Crippen LogP contribution >= 0.6 is 0 Å². The lowest BCUT2D eigenvalue weighted by atomic mass is 10.1. The van der Waals surface area contributed by atoms with Crippen molar-refractivity contribution in [1.29, 1.82) is 0 Å². The topological polar surface area (TPSA) is 64.8 Å². The minimum atomic E-state index is -0.0927. The number of nitrogens with zero attached hydrogens (tertiary/aromatic N) is 5. The van der Waals surface area contributed by atoms with Gasteiger partial charge in [-0.3, -0.25) is 9.88 Å². The van der Waals surface area contributed by atoms with E-state index in [1.807, 2.05) is 47.4 Å². The van der Waals surface area contributed by atoms with Gasteiger partial charge in [-0.05, 0) is 41.5 Å². The van der Waals surface area contributed by atoms with Gasteiger partial charge in [-0.25, -0.2) is 4.52 Å². The van der Waals surface area contributed by atoms with Crippen molar-refractivity contribution in [2.24, 2.45) is 0 Å². The lowest BCUT2D eigenvalue weighted by Gasteiger charge is -2.32. The Labute approximate surface area is 174 Å². The molecule has 3 aromatic heterocycles. The number of pyridine rings is 2. The minimum Gasteiger partial charge on any atom is -0.497 e. The number of ether oxygens (including phenoxy) is 2. The molecule has 0 spiro atoms. The summed E-state index contributed by atoms with van der Waals surface area (Å²) in [6.07, 6.45) is 5.58. The molecule has 0 N–H and O–H groups in total. The number of benzene rings is 1. The molecule has 0 saturated carbocycles. The summed E-state index contributed by atoms with van der Waals surface area (Å²) in [5, 5.41) is 8.81. The molecule has 4 aromatic rings. The van der Waals surface area contributed by atoms with Gasteiger partial charge in [-0.2, -0.15) is 0 Å². The third kappa shape index (κ3) is 3.77. The van der Waals surface area contributed by atoms with Gasteiger partial charge in [-0.15, -0.1) is 5.10 Å². The molecule has 1 atom stereocenters. The van der Waals surface area contributed by atoms with Gasteiger partial charge in [0.2, 0.25) is 0 Å². The Kier molecular flexibility index (Phi) is 5.13. The normalized spacial score (nSPS) is 17.3. The van der Waals surface area contributed by atoms with Crippen molar-refractivity contribution in [3.63, 3.8) is 0 Å². The standard InChI is InChI=1S/C23H23N5O2/c1-29-20-5-2-18(3-6-20)19-4-7-21-23(25-26-28(21)15-19)22-16-27(12-13-30-22)14-17-8-10-24-11-9-17/h2-11,15,22H,12-14,16H2,1H3/t22-/m1/s1. The van der Waals surface area contributed by atoms with E-state index in [1.165, 1.54) is 5.56 Å². The number of fused-ring (bicyclic) bond motifs is 1. The molecule has 5 rings (SSSR count). The summed E-state index contributed by atoms with van der Waals surface area (Å²) in [6, 6.07) is 16.3. The van der Waals surface area contributed by atoms with Gasteiger partial charge in [0.25, 0.3) is 0 Å². The highest BCUT2D eigenvalue weighted by atomic mass is 16.5. The molecule has 1 aliphatic heterocycles. The monoisotopic (exact) mass is 401 g/mol. The third-order valence-corrected chi connectivity index (χ3v) is 5.47. The van der Waals surface area contributed by atoms with Crippen molar-refractivity contribution in [3.05, 3.63) is 78.4 Å². The second kappa shape index (κ2) is 8.22. The Morgan fingerprint density at radius 2 is 1.83 bits per heavy atom. The molecule has 152 valence electrons. The highest BCUT2D eigenvalue weighted by Crippen LogP contribution is 2.28. The van der Waals surface area contributed by atoms with Crippen LogP contribution in [0, 0.1) is 0 Å². The average molecular weight is 401 g/mol. The van der Waals surface area contributed by atoms with Gasteiger partial charge in [-0.1, -0.05) is 23.4 Å². The van der Waals surface area contributed by atoms with E-state index in [0.717, 1.165) is 47.7 Å². The van der Waals surface area contributed by atoms with Crippen molar-refractivity contribution in [1.82, 2.24) is 24.7 Å². The Morgan fingerprint density at radius 1 is 1.03 bits per heavy atom. The van der Waals surface area contributed by atoms with E-state index in [0.29, 0.717) is 6.61 Å². The maximum absolute atomic E-state index is 6.06. The van der Waals surface area contributed by atoms with Crippen LogP contribution in [-0.2, 0) is 11.3 Å². The van der Waals surface area contributed by atoms with Crippen molar-refractivity contribution < 1.29 is 9.47 Å². The van der Waals surface area contributed by atoms with Crippen LogP contribution in [0.2, 0.25) is 0 Å². The first-order valence-electron chi connectivity index (χ1n) is 10.0. The third-order valence-electron chi connectivity index (χ3n) is 5.47. The van der Waals surface area contributed by atoms with E-state index >= 15 is 0 Å². The average Bonchev–Trinajstić information content (AvgIpc) is 3.23. The van der Waals surface area contributed by atoms with Gasteiger partial charge in [0.15, 0.2) is 0 Å². The van der Waals surface area contributed by atoms with Gasteiger partial charge < -0.3 is 9.47 Å². The van der Waals surface area contributed by atoms with Crippen molar-refractivity contribution in [3.8, 4) is 16.9 Å². The van der Waals surface area contributed by atoms with Crippen molar-refractivity contribution >= 4 is 5.52 Å². The minimum absolute atomic E-state index is 0.0927. The molecule has 4 heterocycles. The molecule has 0 radical (unpaired) electrons. The summed E-state index contributed by atoms with van der Waals surface area (Å²) in [6.45, 7) is 3.25. The number of methoxy groups -OCH3 is 1. The van der Waals surface area contributed by atoms with E-state index in [-0.39, 0.29) is 6.10 Å². The predicted octanol–water partition coefficient (Wildman–Crippen LogP) is 3.37. The fourth-order valence-electron chi connectivity index (χ4n) is 3.86. The number of morpholine rings is 1. The molecule has 1 aromatic carbocycles.